The summed E-state index contributed by atoms with van der Waals surface area (Å²) in [7, 11) is 1.95. The molecule has 0 spiro atoms. The third kappa shape index (κ3) is 5.52. The summed E-state index contributed by atoms with van der Waals surface area (Å²) in [6, 6.07) is 8.53. The molecule has 7 nitrogen and oxygen atoms in total. The molecule has 1 aliphatic heterocycles. The van der Waals surface area contributed by atoms with E-state index < -0.39 is 11.4 Å². The maximum atomic E-state index is 13.5. The number of hydrogen-bond acceptors (Lipinski definition) is 6. The van der Waals surface area contributed by atoms with Gasteiger partial charge in [-0.3, -0.25) is 19.3 Å². The third-order valence-corrected chi connectivity index (χ3v) is 7.04. The van der Waals surface area contributed by atoms with Crippen molar-refractivity contribution >= 4 is 21.6 Å². The normalized spacial score (nSPS) is 15.9. The summed E-state index contributed by atoms with van der Waals surface area (Å²) < 4.78 is 21.2. The highest BCUT2D eigenvalue weighted by molar-refractivity contribution is 9.10. The molecule has 0 radical (unpaired) electrons. The van der Waals surface area contributed by atoms with E-state index in [2.05, 4.69) is 20.9 Å². The third-order valence-electron chi connectivity index (χ3n) is 6.31. The van der Waals surface area contributed by atoms with Crippen LogP contribution in [-0.2, 0) is 12.2 Å². The van der Waals surface area contributed by atoms with Crippen molar-refractivity contribution in [3.8, 4) is 5.75 Å². The van der Waals surface area contributed by atoms with Crippen LogP contribution in [0.2, 0.25) is 0 Å². The Balaban J connectivity index is 1.71. The number of aryl methyl sites for hydroxylation is 2. The van der Waals surface area contributed by atoms with Crippen LogP contribution in [0.1, 0.15) is 55.2 Å². The molecule has 1 N–H and O–H groups in total. The Hall–Kier alpha value is -3.30. The van der Waals surface area contributed by atoms with Gasteiger partial charge in [-0.2, -0.15) is 0 Å². The molecule has 0 aliphatic carbocycles. The van der Waals surface area contributed by atoms with E-state index in [9.17, 15) is 14.3 Å². The average Bonchev–Trinajstić information content (AvgIpc) is 2.82. The van der Waals surface area contributed by atoms with Crippen molar-refractivity contribution in [2.75, 3.05) is 7.05 Å². The van der Waals surface area contributed by atoms with Crippen LogP contribution in [0.5, 0.6) is 5.75 Å². The molecule has 194 valence electrons. The van der Waals surface area contributed by atoms with Gasteiger partial charge in [0.25, 0.3) is 5.56 Å². The van der Waals surface area contributed by atoms with Gasteiger partial charge in [0.2, 0.25) is 0 Å². The van der Waals surface area contributed by atoms with Crippen molar-refractivity contribution in [2.45, 2.75) is 52.9 Å². The molecule has 0 saturated carbocycles. The van der Waals surface area contributed by atoms with Crippen LogP contribution in [-0.4, -0.2) is 31.6 Å². The Bertz CT molecular complexity index is 1470. The fourth-order valence-corrected chi connectivity index (χ4v) is 4.71. The fraction of sp³-hybridized carbons (Fsp3) is 0.321. The molecule has 3 aromatic heterocycles. The number of aliphatic hydroxyl groups is 1. The van der Waals surface area contributed by atoms with Gasteiger partial charge in [-0.15, -0.1) is 0 Å². The number of aromatic nitrogens is 3. The quantitative estimate of drug-likeness (QED) is 0.429. The maximum Gasteiger partial charge on any atom is 0.273 e. The monoisotopic (exact) mass is 568 g/mol. The molecule has 0 fully saturated rings. The van der Waals surface area contributed by atoms with E-state index >= 15 is 0 Å². The van der Waals surface area contributed by atoms with Crippen molar-refractivity contribution < 1.29 is 14.2 Å². The Morgan fingerprint density at radius 3 is 2.62 bits per heavy atom. The molecule has 3 aromatic rings. The summed E-state index contributed by atoms with van der Waals surface area (Å²) in [5, 5.41) is 10.4. The Morgan fingerprint density at radius 2 is 1.95 bits per heavy atom. The molecule has 9 heteroatoms. The SMILES string of the molecule is CC1=CN(C)C(c2cccc(C(C)(C)O)n2)C=C1n1c(C)cc(OCc2ncc(F)cc2C)c(Br)c1=O. The van der Waals surface area contributed by atoms with Crippen molar-refractivity contribution in [3.05, 3.63) is 103 Å². The lowest BCUT2D eigenvalue weighted by Gasteiger charge is -2.32. The zero-order valence-electron chi connectivity index (χ0n) is 21.7. The summed E-state index contributed by atoms with van der Waals surface area (Å²) in [5.41, 5.74) is 3.60. The summed E-state index contributed by atoms with van der Waals surface area (Å²) in [4.78, 5) is 24.4. The first-order chi connectivity index (χ1) is 17.4. The first kappa shape index (κ1) is 26.8. The molecule has 1 unspecified atom stereocenters. The van der Waals surface area contributed by atoms with Crippen LogP contribution in [0.25, 0.3) is 5.70 Å². The highest BCUT2D eigenvalue weighted by Gasteiger charge is 2.26. The van der Waals surface area contributed by atoms with Crippen molar-refractivity contribution in [1.29, 1.82) is 0 Å². The minimum atomic E-state index is -1.07. The largest absolute Gasteiger partial charge is 0.486 e. The predicted molar refractivity (Wildman–Crippen MR) is 144 cm³/mol. The second-order valence-electron chi connectivity index (χ2n) is 9.79. The molecular formula is C28H30BrFN4O3. The maximum absolute atomic E-state index is 13.5. The molecule has 0 saturated heterocycles. The first-order valence-electron chi connectivity index (χ1n) is 11.9. The number of ether oxygens (including phenoxy) is 1. The Kier molecular flexibility index (Phi) is 7.39. The van der Waals surface area contributed by atoms with Gasteiger partial charge < -0.3 is 14.7 Å². The second kappa shape index (κ2) is 10.2. The van der Waals surface area contributed by atoms with Gasteiger partial charge >= 0.3 is 0 Å². The van der Waals surface area contributed by atoms with Gasteiger partial charge in [-0.25, -0.2) is 4.39 Å². The van der Waals surface area contributed by atoms with Gasteiger partial charge in [0, 0.05) is 25.0 Å². The summed E-state index contributed by atoms with van der Waals surface area (Å²) >= 11 is 3.42. The number of rotatable bonds is 6. The molecule has 4 rings (SSSR count). The smallest absolute Gasteiger partial charge is 0.273 e. The lowest BCUT2D eigenvalue weighted by Crippen LogP contribution is -2.29. The van der Waals surface area contributed by atoms with E-state index in [4.69, 9.17) is 9.72 Å². The van der Waals surface area contributed by atoms with Crippen LogP contribution < -0.4 is 10.3 Å². The predicted octanol–water partition coefficient (Wildman–Crippen LogP) is 5.39. The lowest BCUT2D eigenvalue weighted by atomic mass is 10.0. The number of hydrogen-bond donors (Lipinski definition) is 1. The average molecular weight is 569 g/mol. The number of pyridine rings is 3. The van der Waals surface area contributed by atoms with Crippen LogP contribution in [0.3, 0.4) is 0 Å². The topological polar surface area (TPSA) is 80.5 Å². The highest BCUT2D eigenvalue weighted by atomic mass is 79.9. The minimum absolute atomic E-state index is 0.102. The number of likely N-dealkylation sites (N-methyl/N-ethyl adjacent to an activating group) is 1. The molecule has 0 aromatic carbocycles. The van der Waals surface area contributed by atoms with Crippen molar-refractivity contribution in [2.24, 2.45) is 0 Å². The first-order valence-corrected chi connectivity index (χ1v) is 12.6. The second-order valence-corrected chi connectivity index (χ2v) is 10.6. The standard InChI is InChI=1S/C28H30BrFN4O3/c1-16-10-19(30)13-31-21(16)15-37-24-11-18(3)34(27(35)26(24)29)22-12-23(33(6)14-17(22)2)20-8-7-9-25(32-20)28(4,5)36/h7-14,23,36H,15H2,1-6H3. The van der Waals surface area contributed by atoms with E-state index in [-0.39, 0.29) is 22.7 Å². The zero-order valence-corrected chi connectivity index (χ0v) is 23.3. The van der Waals surface area contributed by atoms with Crippen LogP contribution in [0.4, 0.5) is 4.39 Å². The lowest BCUT2D eigenvalue weighted by molar-refractivity contribution is 0.0734. The van der Waals surface area contributed by atoms with Crippen molar-refractivity contribution in [3.63, 3.8) is 0 Å². The summed E-state index contributed by atoms with van der Waals surface area (Å²) in [5.74, 6) is -0.0217. The van der Waals surface area contributed by atoms with Crippen molar-refractivity contribution in [1.82, 2.24) is 19.4 Å². The van der Waals surface area contributed by atoms with Crippen LogP contribution >= 0.6 is 15.9 Å². The summed E-state index contributed by atoms with van der Waals surface area (Å²) in [6.07, 6.45) is 5.12. The van der Waals surface area contributed by atoms with E-state index in [0.29, 0.717) is 28.4 Å². The van der Waals surface area contributed by atoms with Gasteiger partial charge in [-0.1, -0.05) is 6.07 Å². The number of allylic oxidation sites excluding steroid dienone is 2. The summed E-state index contributed by atoms with van der Waals surface area (Å²) in [6.45, 7) is 9.06. The highest BCUT2D eigenvalue weighted by Crippen LogP contribution is 2.34. The molecule has 1 aliphatic rings. The molecule has 4 heterocycles. The van der Waals surface area contributed by atoms with Crippen LogP contribution in [0.15, 0.2) is 63.6 Å². The Morgan fingerprint density at radius 1 is 1.22 bits per heavy atom. The van der Waals surface area contributed by atoms with Gasteiger partial charge in [0.15, 0.2) is 0 Å². The van der Waals surface area contributed by atoms with E-state index in [1.165, 1.54) is 6.07 Å². The van der Waals surface area contributed by atoms with Gasteiger partial charge in [-0.05, 0) is 86.0 Å². The fourth-order valence-electron chi connectivity index (χ4n) is 4.30. The number of halogens is 2. The molecule has 0 amide bonds. The zero-order chi connectivity index (χ0) is 27.1. The minimum Gasteiger partial charge on any atom is -0.486 e. The molecule has 0 bridgehead atoms. The van der Waals surface area contributed by atoms with E-state index in [1.54, 1.807) is 37.5 Å². The van der Waals surface area contributed by atoms with E-state index in [1.807, 2.05) is 50.2 Å². The van der Waals surface area contributed by atoms with Crippen LogP contribution in [0, 0.1) is 19.7 Å². The molecule has 37 heavy (non-hydrogen) atoms. The molecular weight excluding hydrogens is 539 g/mol. The number of nitrogens with zero attached hydrogens (tertiary/aromatic N) is 4. The van der Waals surface area contributed by atoms with Gasteiger partial charge in [0.05, 0.1) is 35.0 Å². The van der Waals surface area contributed by atoms with Gasteiger partial charge in [0.1, 0.15) is 28.2 Å². The van der Waals surface area contributed by atoms with E-state index in [0.717, 1.165) is 23.2 Å². The molecule has 1 atom stereocenters. The Labute approximate surface area is 224 Å².